The molecule has 7 heteroatoms. The molecule has 0 atom stereocenters. The molecule has 4 nitrogen and oxygen atoms in total. The number of carbonyl (C=O) groups excluding carboxylic acids is 1. The van der Waals surface area contributed by atoms with Crippen molar-refractivity contribution in [1.82, 2.24) is 15.1 Å². The van der Waals surface area contributed by atoms with Crippen LogP contribution in [0.15, 0.2) is 54.6 Å². The topological polar surface area (TPSA) is 46.9 Å². The van der Waals surface area contributed by atoms with E-state index < -0.39 is 0 Å². The third-order valence-electron chi connectivity index (χ3n) is 4.18. The number of amides is 1. The van der Waals surface area contributed by atoms with E-state index in [9.17, 15) is 9.18 Å². The number of hydrogen-bond acceptors (Lipinski definition) is 3. The second kappa shape index (κ2) is 7.13. The quantitative estimate of drug-likeness (QED) is 0.517. The maximum Gasteiger partial charge on any atom is 0.261 e. The van der Waals surface area contributed by atoms with Crippen LogP contribution < -0.4 is 5.32 Å². The highest BCUT2D eigenvalue weighted by Crippen LogP contribution is 2.30. The maximum absolute atomic E-state index is 13.2. The van der Waals surface area contributed by atoms with Crippen LogP contribution in [0.2, 0.25) is 5.02 Å². The van der Waals surface area contributed by atoms with Crippen molar-refractivity contribution in [2.24, 2.45) is 0 Å². The smallest absolute Gasteiger partial charge is 0.261 e. The average molecular weight is 400 g/mol. The minimum atomic E-state index is -0.300. The number of aromatic nitrogens is 2. The molecule has 4 aromatic rings. The van der Waals surface area contributed by atoms with Crippen molar-refractivity contribution in [3.63, 3.8) is 0 Å². The highest BCUT2D eigenvalue weighted by atomic mass is 35.5. The van der Waals surface area contributed by atoms with Gasteiger partial charge in [0.15, 0.2) is 0 Å². The van der Waals surface area contributed by atoms with E-state index in [1.54, 1.807) is 22.9 Å². The molecule has 0 radical (unpaired) electrons. The Morgan fingerprint density at radius 1 is 1.22 bits per heavy atom. The van der Waals surface area contributed by atoms with Gasteiger partial charge in [-0.2, -0.15) is 5.10 Å². The minimum absolute atomic E-state index is 0.152. The highest BCUT2D eigenvalue weighted by Gasteiger charge is 2.17. The van der Waals surface area contributed by atoms with Crippen LogP contribution in [0, 0.1) is 12.7 Å². The number of nitrogens with one attached hydrogen (secondary N) is 1. The summed E-state index contributed by atoms with van der Waals surface area (Å²) in [5.74, 6) is -0.452. The summed E-state index contributed by atoms with van der Waals surface area (Å²) in [6.07, 6.45) is 0. The number of halogens is 2. The summed E-state index contributed by atoms with van der Waals surface area (Å²) in [5.41, 5.74) is 2.51. The summed E-state index contributed by atoms with van der Waals surface area (Å²) < 4.78 is 14.9. The van der Waals surface area contributed by atoms with Gasteiger partial charge in [0.1, 0.15) is 10.6 Å². The van der Waals surface area contributed by atoms with E-state index in [4.69, 9.17) is 11.6 Å². The SMILES string of the molecule is Cc1nn(-c2ccc(F)cc2)c2sc(C(=O)NCc3cccc(Cl)c3)cc12. The first kappa shape index (κ1) is 17.7. The van der Waals surface area contributed by atoms with E-state index in [2.05, 4.69) is 10.4 Å². The Morgan fingerprint density at radius 3 is 2.74 bits per heavy atom. The van der Waals surface area contributed by atoms with Crippen LogP contribution in [-0.4, -0.2) is 15.7 Å². The molecule has 1 N–H and O–H groups in total. The van der Waals surface area contributed by atoms with Gasteiger partial charge in [0.05, 0.1) is 16.3 Å². The zero-order chi connectivity index (χ0) is 19.0. The fraction of sp³-hybridized carbons (Fsp3) is 0.100. The first-order valence-electron chi connectivity index (χ1n) is 8.29. The summed E-state index contributed by atoms with van der Waals surface area (Å²) in [6.45, 7) is 2.29. The Labute approximate surface area is 164 Å². The molecule has 0 bridgehead atoms. The van der Waals surface area contributed by atoms with Gasteiger partial charge < -0.3 is 5.32 Å². The monoisotopic (exact) mass is 399 g/mol. The van der Waals surface area contributed by atoms with Crippen molar-refractivity contribution >= 4 is 39.1 Å². The van der Waals surface area contributed by atoms with Crippen LogP contribution >= 0.6 is 22.9 Å². The summed E-state index contributed by atoms with van der Waals surface area (Å²) in [6, 6.07) is 15.3. The zero-order valence-corrected chi connectivity index (χ0v) is 15.9. The van der Waals surface area contributed by atoms with Crippen molar-refractivity contribution in [3.05, 3.63) is 81.6 Å². The normalized spacial score (nSPS) is 11.1. The first-order valence-corrected chi connectivity index (χ1v) is 9.48. The lowest BCUT2D eigenvalue weighted by Gasteiger charge is -2.04. The van der Waals surface area contributed by atoms with Gasteiger partial charge in [0.25, 0.3) is 5.91 Å². The third-order valence-corrected chi connectivity index (χ3v) is 5.53. The molecule has 0 saturated carbocycles. The number of nitrogens with zero attached hydrogens (tertiary/aromatic N) is 2. The summed E-state index contributed by atoms with van der Waals surface area (Å²) in [4.78, 5) is 14.0. The molecule has 136 valence electrons. The fourth-order valence-electron chi connectivity index (χ4n) is 2.83. The van der Waals surface area contributed by atoms with Crippen LogP contribution in [0.4, 0.5) is 4.39 Å². The maximum atomic E-state index is 13.2. The van der Waals surface area contributed by atoms with Crippen molar-refractivity contribution in [2.75, 3.05) is 0 Å². The van der Waals surface area contributed by atoms with Crippen LogP contribution in [0.5, 0.6) is 0 Å². The predicted octanol–water partition coefficient (Wildman–Crippen LogP) is 5.12. The molecule has 0 saturated heterocycles. The van der Waals surface area contributed by atoms with Gasteiger partial charge in [0, 0.05) is 17.0 Å². The molecule has 0 aliphatic rings. The lowest BCUT2D eigenvalue weighted by atomic mass is 10.2. The molecule has 0 aliphatic heterocycles. The highest BCUT2D eigenvalue weighted by molar-refractivity contribution is 7.20. The Bertz CT molecular complexity index is 1130. The number of hydrogen-bond donors (Lipinski definition) is 1. The second-order valence-electron chi connectivity index (χ2n) is 6.12. The first-order chi connectivity index (χ1) is 13.0. The molecule has 1 amide bonds. The van der Waals surface area contributed by atoms with Gasteiger partial charge in [-0.05, 0) is 55.0 Å². The zero-order valence-electron chi connectivity index (χ0n) is 14.4. The predicted molar refractivity (Wildman–Crippen MR) is 106 cm³/mol. The van der Waals surface area contributed by atoms with E-state index in [1.165, 1.54) is 23.5 Å². The van der Waals surface area contributed by atoms with Crippen LogP contribution in [0.1, 0.15) is 20.9 Å². The van der Waals surface area contributed by atoms with Gasteiger partial charge in [-0.1, -0.05) is 23.7 Å². The van der Waals surface area contributed by atoms with Gasteiger partial charge >= 0.3 is 0 Å². The number of benzene rings is 2. The van der Waals surface area contributed by atoms with Gasteiger partial charge in [-0.3, -0.25) is 4.79 Å². The molecule has 4 rings (SSSR count). The Balaban J connectivity index is 1.60. The summed E-state index contributed by atoms with van der Waals surface area (Å²) in [7, 11) is 0. The Kier molecular flexibility index (Phi) is 4.68. The van der Waals surface area contributed by atoms with Gasteiger partial charge in [-0.15, -0.1) is 11.3 Å². The molecule has 2 aromatic carbocycles. The number of fused-ring (bicyclic) bond motifs is 1. The average Bonchev–Trinajstić information content (AvgIpc) is 3.21. The second-order valence-corrected chi connectivity index (χ2v) is 7.58. The van der Waals surface area contributed by atoms with Crippen LogP contribution in [0.3, 0.4) is 0 Å². The van der Waals surface area contributed by atoms with Gasteiger partial charge in [0.2, 0.25) is 0 Å². The lowest BCUT2D eigenvalue weighted by molar-refractivity contribution is 0.0955. The molecule has 0 fully saturated rings. The number of carbonyl (C=O) groups is 1. The molecular formula is C20H15ClFN3OS. The molecule has 27 heavy (non-hydrogen) atoms. The number of thiophene rings is 1. The standard InChI is InChI=1S/C20H15ClFN3OS/c1-12-17-10-18(19(26)23-11-13-3-2-4-14(21)9-13)27-20(17)25(24-12)16-7-5-15(22)6-8-16/h2-10H,11H2,1H3,(H,23,26). The molecule has 2 aromatic heterocycles. The molecule has 0 aliphatic carbocycles. The molecule has 0 unspecified atom stereocenters. The van der Waals surface area contributed by atoms with Crippen LogP contribution in [-0.2, 0) is 6.54 Å². The number of rotatable bonds is 4. The fourth-order valence-corrected chi connectivity index (χ4v) is 4.14. The van der Waals surface area contributed by atoms with Crippen molar-refractivity contribution in [1.29, 1.82) is 0 Å². The third kappa shape index (κ3) is 3.59. The van der Waals surface area contributed by atoms with E-state index >= 15 is 0 Å². The molecule has 2 heterocycles. The van der Waals surface area contributed by atoms with Gasteiger partial charge in [-0.25, -0.2) is 9.07 Å². The molecule has 0 spiro atoms. The van der Waals surface area contributed by atoms with E-state index in [-0.39, 0.29) is 11.7 Å². The largest absolute Gasteiger partial charge is 0.347 e. The van der Waals surface area contributed by atoms with E-state index in [0.29, 0.717) is 16.4 Å². The summed E-state index contributed by atoms with van der Waals surface area (Å²) in [5, 5.41) is 8.98. The molecular weight excluding hydrogens is 385 g/mol. The van der Waals surface area contributed by atoms with Crippen molar-refractivity contribution in [2.45, 2.75) is 13.5 Å². The van der Waals surface area contributed by atoms with E-state index in [1.807, 2.05) is 31.2 Å². The number of aryl methyl sites for hydroxylation is 1. The lowest BCUT2D eigenvalue weighted by Crippen LogP contribution is -2.21. The minimum Gasteiger partial charge on any atom is -0.347 e. The Morgan fingerprint density at radius 2 is 2.00 bits per heavy atom. The summed E-state index contributed by atoms with van der Waals surface area (Å²) >= 11 is 7.33. The Hall–Kier alpha value is -2.70. The van der Waals surface area contributed by atoms with Crippen molar-refractivity contribution < 1.29 is 9.18 Å². The van der Waals surface area contributed by atoms with Crippen molar-refractivity contribution in [3.8, 4) is 5.69 Å². The van der Waals surface area contributed by atoms with Crippen LogP contribution in [0.25, 0.3) is 15.9 Å². The van der Waals surface area contributed by atoms with E-state index in [0.717, 1.165) is 27.2 Å².